The molecule has 1 aromatic heterocycles. The number of aromatic nitrogens is 1. The van der Waals surface area contributed by atoms with Gasteiger partial charge in [0.25, 0.3) is 0 Å². The van der Waals surface area contributed by atoms with Crippen molar-refractivity contribution >= 4 is 5.82 Å². The van der Waals surface area contributed by atoms with E-state index in [2.05, 4.69) is 51.3 Å². The van der Waals surface area contributed by atoms with E-state index in [0.29, 0.717) is 6.54 Å². The molecule has 1 rings (SSSR count). The van der Waals surface area contributed by atoms with E-state index in [-0.39, 0.29) is 5.54 Å². The fourth-order valence-electron chi connectivity index (χ4n) is 1.91. The third-order valence-electron chi connectivity index (χ3n) is 2.92. The summed E-state index contributed by atoms with van der Waals surface area (Å²) in [4.78, 5) is 6.96. The van der Waals surface area contributed by atoms with Crippen LogP contribution in [-0.4, -0.2) is 17.1 Å². The average molecular weight is 247 g/mol. The first kappa shape index (κ1) is 14.7. The van der Waals surface area contributed by atoms with Gasteiger partial charge in [-0.2, -0.15) is 0 Å². The Morgan fingerprint density at radius 2 is 2.06 bits per heavy atom. The van der Waals surface area contributed by atoms with E-state index in [1.54, 1.807) is 0 Å². The van der Waals surface area contributed by atoms with Crippen molar-refractivity contribution in [1.29, 1.82) is 0 Å². The van der Waals surface area contributed by atoms with Gasteiger partial charge in [0.05, 0.1) is 0 Å². The average Bonchev–Trinajstić information content (AvgIpc) is 2.33. The lowest BCUT2D eigenvalue weighted by molar-refractivity contribution is 0.516. The molecule has 0 spiro atoms. The summed E-state index contributed by atoms with van der Waals surface area (Å²) in [6.45, 7) is 13.8. The van der Waals surface area contributed by atoms with Crippen LogP contribution >= 0.6 is 0 Å². The Bertz CT molecular complexity index is 382. The molecule has 0 amide bonds. The Morgan fingerprint density at radius 3 is 2.50 bits per heavy atom. The van der Waals surface area contributed by atoms with Gasteiger partial charge in [-0.05, 0) is 44.9 Å². The molecular weight excluding hydrogens is 222 g/mol. The fourth-order valence-corrected chi connectivity index (χ4v) is 1.91. The Morgan fingerprint density at radius 1 is 1.39 bits per heavy atom. The zero-order valence-corrected chi connectivity index (χ0v) is 12.0. The second-order valence-electron chi connectivity index (χ2n) is 5.45. The van der Waals surface area contributed by atoms with E-state index in [4.69, 9.17) is 10.7 Å². The molecule has 18 heavy (non-hydrogen) atoms. The van der Waals surface area contributed by atoms with Crippen LogP contribution in [0.1, 0.15) is 39.0 Å². The number of hydrogen-bond donors (Lipinski definition) is 1. The van der Waals surface area contributed by atoms with Crippen LogP contribution in [0.15, 0.2) is 24.8 Å². The van der Waals surface area contributed by atoms with Crippen LogP contribution in [0.5, 0.6) is 0 Å². The quantitative estimate of drug-likeness (QED) is 0.814. The van der Waals surface area contributed by atoms with E-state index in [1.807, 2.05) is 6.08 Å². The second-order valence-corrected chi connectivity index (χ2v) is 5.45. The van der Waals surface area contributed by atoms with Crippen LogP contribution in [0, 0.1) is 0 Å². The van der Waals surface area contributed by atoms with E-state index >= 15 is 0 Å². The zero-order valence-electron chi connectivity index (χ0n) is 12.0. The highest BCUT2D eigenvalue weighted by atomic mass is 15.2. The number of aryl methyl sites for hydroxylation is 1. The maximum atomic E-state index is 5.76. The van der Waals surface area contributed by atoms with Crippen LogP contribution in [0.3, 0.4) is 0 Å². The third kappa shape index (κ3) is 3.57. The van der Waals surface area contributed by atoms with E-state index < -0.39 is 0 Å². The minimum Gasteiger partial charge on any atom is -0.348 e. The van der Waals surface area contributed by atoms with Crippen molar-refractivity contribution in [2.75, 3.05) is 11.4 Å². The molecule has 100 valence electrons. The molecule has 0 radical (unpaired) electrons. The molecule has 0 fully saturated rings. The highest BCUT2D eigenvalue weighted by Crippen LogP contribution is 2.23. The highest BCUT2D eigenvalue weighted by Gasteiger charge is 2.22. The molecule has 1 heterocycles. The summed E-state index contributed by atoms with van der Waals surface area (Å²) in [6, 6.07) is 4.16. The van der Waals surface area contributed by atoms with Gasteiger partial charge in [0.2, 0.25) is 0 Å². The molecule has 2 N–H and O–H groups in total. The van der Waals surface area contributed by atoms with E-state index in [1.165, 1.54) is 0 Å². The number of nitrogens with two attached hydrogens (primary N) is 1. The fraction of sp³-hybridized carbons (Fsp3) is 0.533. The van der Waals surface area contributed by atoms with Crippen molar-refractivity contribution in [2.45, 2.75) is 46.2 Å². The maximum Gasteiger partial charge on any atom is 0.129 e. The molecular formula is C15H25N3. The van der Waals surface area contributed by atoms with Crippen LogP contribution in [-0.2, 0) is 13.0 Å². The van der Waals surface area contributed by atoms with Crippen molar-refractivity contribution < 1.29 is 0 Å². The summed E-state index contributed by atoms with van der Waals surface area (Å²) >= 11 is 0. The smallest absolute Gasteiger partial charge is 0.129 e. The molecule has 0 aliphatic rings. The van der Waals surface area contributed by atoms with E-state index in [9.17, 15) is 0 Å². The normalized spacial score (nSPS) is 11.4. The van der Waals surface area contributed by atoms with Crippen molar-refractivity contribution in [1.82, 2.24) is 4.98 Å². The van der Waals surface area contributed by atoms with Gasteiger partial charge < -0.3 is 10.6 Å². The Labute approximate surface area is 111 Å². The van der Waals surface area contributed by atoms with Crippen LogP contribution in [0.25, 0.3) is 0 Å². The number of hydrogen-bond acceptors (Lipinski definition) is 3. The first-order valence-electron chi connectivity index (χ1n) is 6.50. The first-order valence-corrected chi connectivity index (χ1v) is 6.50. The topological polar surface area (TPSA) is 42.1 Å². The minimum atomic E-state index is 0.0133. The number of rotatable bonds is 5. The lowest BCUT2D eigenvalue weighted by atomic mass is 10.1. The molecule has 0 bridgehead atoms. The summed E-state index contributed by atoms with van der Waals surface area (Å²) in [5.41, 5.74) is 8.00. The van der Waals surface area contributed by atoms with Crippen molar-refractivity contribution in [3.8, 4) is 0 Å². The molecule has 0 aliphatic carbocycles. The Kier molecular flexibility index (Phi) is 4.91. The summed E-state index contributed by atoms with van der Waals surface area (Å²) in [7, 11) is 0. The molecule has 0 saturated carbocycles. The van der Waals surface area contributed by atoms with Crippen LogP contribution in [0.2, 0.25) is 0 Å². The lowest BCUT2D eigenvalue weighted by Gasteiger charge is -2.36. The first-order chi connectivity index (χ1) is 8.42. The van der Waals surface area contributed by atoms with Crippen LogP contribution < -0.4 is 10.6 Å². The minimum absolute atomic E-state index is 0.0133. The third-order valence-corrected chi connectivity index (χ3v) is 2.92. The number of pyridine rings is 1. The van der Waals surface area contributed by atoms with Crippen LogP contribution in [0.4, 0.5) is 5.82 Å². The predicted octanol–water partition coefficient (Wildman–Crippen LogP) is 2.89. The SMILES string of the molecule is C=CCN(c1cc(CN)cc(CC)n1)C(C)(C)C. The van der Waals surface area contributed by atoms with Crippen molar-refractivity contribution in [3.63, 3.8) is 0 Å². The molecule has 3 nitrogen and oxygen atoms in total. The largest absolute Gasteiger partial charge is 0.348 e. The maximum absolute atomic E-state index is 5.76. The van der Waals surface area contributed by atoms with Gasteiger partial charge >= 0.3 is 0 Å². The molecule has 0 atom stereocenters. The summed E-state index contributed by atoms with van der Waals surface area (Å²) < 4.78 is 0. The molecule has 0 saturated heterocycles. The van der Waals surface area contributed by atoms with Gasteiger partial charge in [-0.3, -0.25) is 0 Å². The molecule has 3 heteroatoms. The van der Waals surface area contributed by atoms with Gasteiger partial charge in [0.1, 0.15) is 5.82 Å². The number of anilines is 1. The van der Waals surface area contributed by atoms with Gasteiger partial charge in [-0.15, -0.1) is 6.58 Å². The van der Waals surface area contributed by atoms with Gasteiger partial charge in [-0.1, -0.05) is 13.0 Å². The number of nitrogens with zero attached hydrogens (tertiary/aromatic N) is 2. The van der Waals surface area contributed by atoms with Crippen molar-refractivity contribution in [2.24, 2.45) is 5.73 Å². The standard InChI is InChI=1S/C15H25N3/c1-6-8-18(15(3,4)5)14-10-12(11-16)9-13(7-2)17-14/h6,9-10H,1,7-8,11,16H2,2-5H3. The van der Waals surface area contributed by atoms with Gasteiger partial charge in [0, 0.05) is 24.3 Å². The molecule has 0 aliphatic heterocycles. The molecule has 1 aromatic rings. The summed E-state index contributed by atoms with van der Waals surface area (Å²) in [5, 5.41) is 0. The molecule has 0 unspecified atom stereocenters. The Balaban J connectivity index is 3.22. The predicted molar refractivity (Wildman–Crippen MR) is 78.8 cm³/mol. The highest BCUT2D eigenvalue weighted by molar-refractivity contribution is 5.45. The van der Waals surface area contributed by atoms with Gasteiger partial charge in [0.15, 0.2) is 0 Å². The lowest BCUT2D eigenvalue weighted by Crippen LogP contribution is -2.42. The zero-order chi connectivity index (χ0) is 13.8. The van der Waals surface area contributed by atoms with Crippen molar-refractivity contribution in [3.05, 3.63) is 36.0 Å². The Hall–Kier alpha value is -1.35. The van der Waals surface area contributed by atoms with Gasteiger partial charge in [-0.25, -0.2) is 4.98 Å². The van der Waals surface area contributed by atoms with E-state index in [0.717, 1.165) is 30.0 Å². The molecule has 0 aromatic carbocycles. The second kappa shape index (κ2) is 6.01. The summed E-state index contributed by atoms with van der Waals surface area (Å²) in [6.07, 6.45) is 2.83. The summed E-state index contributed by atoms with van der Waals surface area (Å²) in [5.74, 6) is 0.988. The monoisotopic (exact) mass is 247 g/mol.